The Labute approximate surface area is 291 Å². The maximum Gasteiger partial charge on any atom is 0.244 e. The van der Waals surface area contributed by atoms with Crippen LogP contribution in [0.5, 0.6) is 0 Å². The smallest absolute Gasteiger partial charge is 0.237 e. The molecule has 1 heterocycles. The van der Waals surface area contributed by atoms with E-state index in [1.54, 1.807) is 0 Å². The zero-order chi connectivity index (χ0) is 33.3. The van der Waals surface area contributed by atoms with Gasteiger partial charge in [0, 0.05) is 5.41 Å². The van der Waals surface area contributed by atoms with Crippen LogP contribution < -0.4 is 4.57 Å². The Balaban J connectivity index is 1.50. The largest absolute Gasteiger partial charge is 0.244 e. The van der Waals surface area contributed by atoms with Gasteiger partial charge in [-0.2, -0.15) is 0 Å². The minimum Gasteiger partial charge on any atom is -0.237 e. The minimum absolute atomic E-state index is 0.0102. The van der Waals surface area contributed by atoms with E-state index in [0.29, 0.717) is 6.04 Å². The van der Waals surface area contributed by atoms with Crippen molar-refractivity contribution in [2.24, 2.45) is 0 Å². The van der Waals surface area contributed by atoms with Crippen molar-refractivity contribution in [2.75, 3.05) is 0 Å². The molecule has 2 nitrogen and oxygen atoms in total. The molecule has 0 saturated carbocycles. The monoisotopic (exact) mass is 642 g/mol. The number of nitrogens with zero attached hydrogens (tertiary/aromatic N) is 2. The molecule has 0 N–H and O–H groups in total. The molecule has 2 heteroatoms. The Kier molecular flexibility index (Phi) is 20.6. The quantitative estimate of drug-likeness (QED) is 0.0527. The maximum atomic E-state index is 2.58. The van der Waals surface area contributed by atoms with E-state index >= 15 is 0 Å². The van der Waals surface area contributed by atoms with Crippen LogP contribution in [-0.4, -0.2) is 4.57 Å². The molecular weight excluding hydrogens is 569 g/mol. The third-order valence-electron chi connectivity index (χ3n) is 10.8. The van der Waals surface area contributed by atoms with E-state index in [0.717, 1.165) is 13.0 Å². The Morgan fingerprint density at radius 2 is 1.00 bits per heavy atom. The first kappa shape index (κ1) is 39.1. The zero-order valence-electron chi connectivity index (χ0n) is 31.2. The highest BCUT2D eigenvalue weighted by Crippen LogP contribution is 2.41. The lowest BCUT2D eigenvalue weighted by molar-refractivity contribution is -0.697. The number of aromatic nitrogens is 2. The molecule has 0 saturated heterocycles. The molecule has 0 bridgehead atoms. The van der Waals surface area contributed by atoms with Gasteiger partial charge in [0.1, 0.15) is 18.4 Å². The van der Waals surface area contributed by atoms with Gasteiger partial charge in [0.05, 0.1) is 6.54 Å². The van der Waals surface area contributed by atoms with E-state index in [1.165, 1.54) is 159 Å². The summed E-state index contributed by atoms with van der Waals surface area (Å²) in [6.07, 6.45) is 40.2. The van der Waals surface area contributed by atoms with E-state index in [9.17, 15) is 0 Å². The number of benzene rings is 2. The predicted octanol–water partition coefficient (Wildman–Crippen LogP) is 13.5. The van der Waals surface area contributed by atoms with Gasteiger partial charge in [0.15, 0.2) is 0 Å². The summed E-state index contributed by atoms with van der Waals surface area (Å²) < 4.78 is 5.05. The molecule has 0 aliphatic rings. The summed E-state index contributed by atoms with van der Waals surface area (Å²) in [5.74, 6) is 0. The number of aryl methyl sites for hydroxylation is 1. The van der Waals surface area contributed by atoms with Crippen LogP contribution in [0.15, 0.2) is 79.4 Å². The number of hydrogen-bond acceptors (Lipinski definition) is 0. The molecule has 1 aromatic heterocycles. The molecule has 3 rings (SSSR count). The lowest BCUT2D eigenvalue weighted by Crippen LogP contribution is -2.38. The van der Waals surface area contributed by atoms with Gasteiger partial charge in [0.2, 0.25) is 6.33 Å². The lowest BCUT2D eigenvalue weighted by atomic mass is 9.70. The molecule has 0 fully saturated rings. The summed E-state index contributed by atoms with van der Waals surface area (Å²) in [6.45, 7) is 8.28. The van der Waals surface area contributed by atoms with Crippen molar-refractivity contribution in [1.29, 1.82) is 0 Å². The highest BCUT2D eigenvalue weighted by atomic mass is 15.1. The fourth-order valence-corrected chi connectivity index (χ4v) is 7.74. The third-order valence-corrected chi connectivity index (χ3v) is 10.8. The highest BCUT2D eigenvalue weighted by Gasteiger charge is 2.40. The Morgan fingerprint density at radius 3 is 1.51 bits per heavy atom. The molecular formula is C45H73N2+. The lowest BCUT2D eigenvalue weighted by Gasteiger charge is -2.37. The second kappa shape index (κ2) is 24.7. The molecule has 0 amide bonds. The number of rotatable bonds is 29. The van der Waals surface area contributed by atoms with E-state index in [-0.39, 0.29) is 5.41 Å². The van der Waals surface area contributed by atoms with E-state index < -0.39 is 0 Å². The molecule has 262 valence electrons. The minimum atomic E-state index is 0.0102. The van der Waals surface area contributed by atoms with Crippen molar-refractivity contribution in [3.63, 3.8) is 0 Å². The molecule has 47 heavy (non-hydrogen) atoms. The average Bonchev–Trinajstić information content (AvgIpc) is 3.56. The molecule has 0 radical (unpaired) electrons. The zero-order valence-corrected chi connectivity index (χ0v) is 31.2. The number of unbranched alkanes of at least 4 members (excludes halogenated alkanes) is 20. The standard InChI is InChI=1S/C45H73N2/c1-4-6-8-10-12-13-14-15-16-17-18-19-21-23-31-37-46-38-39-47(41-46)44(36-30-22-20-11-9-7-5-2)45(3,43-34-28-25-29-35-43)40-42-32-26-24-27-33-42/h24-29,32-35,38-39,41,44H,4-23,30-31,36-37,40H2,1-3H3/q+1. The first-order valence-electron chi connectivity index (χ1n) is 20.3. The molecule has 0 aliphatic carbocycles. The summed E-state index contributed by atoms with van der Waals surface area (Å²) in [5.41, 5.74) is 2.90. The van der Waals surface area contributed by atoms with E-state index in [1.807, 2.05) is 0 Å². The number of hydrogen-bond donors (Lipinski definition) is 0. The van der Waals surface area contributed by atoms with Gasteiger partial charge in [-0.3, -0.25) is 0 Å². The molecule has 0 aliphatic heterocycles. The van der Waals surface area contributed by atoms with Crippen LogP contribution >= 0.6 is 0 Å². The second-order valence-corrected chi connectivity index (χ2v) is 14.9. The highest BCUT2D eigenvalue weighted by molar-refractivity contribution is 5.30. The summed E-state index contributed by atoms with van der Waals surface area (Å²) in [4.78, 5) is 0. The first-order chi connectivity index (χ1) is 23.2. The topological polar surface area (TPSA) is 8.81 Å². The first-order valence-corrected chi connectivity index (χ1v) is 20.3. The molecule has 0 spiro atoms. The Morgan fingerprint density at radius 1 is 0.553 bits per heavy atom. The number of imidazole rings is 1. The van der Waals surface area contributed by atoms with Crippen molar-refractivity contribution in [3.8, 4) is 0 Å². The Bertz CT molecular complexity index is 1120. The van der Waals surface area contributed by atoms with Crippen LogP contribution in [-0.2, 0) is 18.4 Å². The van der Waals surface area contributed by atoms with Crippen LogP contribution in [0.1, 0.15) is 186 Å². The van der Waals surface area contributed by atoms with Crippen LogP contribution in [0.25, 0.3) is 0 Å². The van der Waals surface area contributed by atoms with Gasteiger partial charge in [-0.05, 0) is 43.2 Å². The van der Waals surface area contributed by atoms with Crippen LogP contribution in [0.3, 0.4) is 0 Å². The van der Waals surface area contributed by atoms with Crippen LogP contribution in [0, 0.1) is 0 Å². The second-order valence-electron chi connectivity index (χ2n) is 14.9. The Hall–Kier alpha value is -2.35. The van der Waals surface area contributed by atoms with Crippen molar-refractivity contribution < 1.29 is 4.57 Å². The fraction of sp³-hybridized carbons (Fsp3) is 0.667. The SMILES string of the molecule is CCCCCCCCCCCCCCCCC[n+]1ccn(C(CCCCCCCCC)C(C)(Cc2ccccc2)c2ccccc2)c1. The summed E-state index contributed by atoms with van der Waals surface area (Å²) in [6, 6.07) is 23.0. The van der Waals surface area contributed by atoms with Crippen molar-refractivity contribution in [1.82, 2.24) is 4.57 Å². The van der Waals surface area contributed by atoms with Crippen molar-refractivity contribution >= 4 is 0 Å². The van der Waals surface area contributed by atoms with Crippen molar-refractivity contribution in [3.05, 3.63) is 90.5 Å². The predicted molar refractivity (Wildman–Crippen MR) is 205 cm³/mol. The van der Waals surface area contributed by atoms with Crippen molar-refractivity contribution in [2.45, 2.75) is 193 Å². The van der Waals surface area contributed by atoms with Gasteiger partial charge in [0.25, 0.3) is 0 Å². The van der Waals surface area contributed by atoms with Crippen LogP contribution in [0.4, 0.5) is 0 Å². The molecule has 2 atom stereocenters. The van der Waals surface area contributed by atoms with Gasteiger partial charge in [-0.1, -0.05) is 203 Å². The van der Waals surface area contributed by atoms with E-state index in [4.69, 9.17) is 0 Å². The van der Waals surface area contributed by atoms with Gasteiger partial charge >= 0.3 is 0 Å². The summed E-state index contributed by atoms with van der Waals surface area (Å²) in [7, 11) is 0. The third kappa shape index (κ3) is 15.6. The van der Waals surface area contributed by atoms with Gasteiger partial charge in [-0.15, -0.1) is 0 Å². The molecule has 3 aromatic rings. The normalized spacial score (nSPS) is 13.5. The van der Waals surface area contributed by atoms with Gasteiger partial charge in [-0.25, -0.2) is 9.13 Å². The molecule has 2 unspecified atom stereocenters. The average molecular weight is 642 g/mol. The fourth-order valence-electron chi connectivity index (χ4n) is 7.74. The van der Waals surface area contributed by atoms with Gasteiger partial charge < -0.3 is 0 Å². The van der Waals surface area contributed by atoms with Crippen LogP contribution in [0.2, 0.25) is 0 Å². The summed E-state index contributed by atoms with van der Waals surface area (Å²) in [5, 5.41) is 0. The van der Waals surface area contributed by atoms with E-state index in [2.05, 4.69) is 109 Å². The molecule has 2 aromatic carbocycles. The summed E-state index contributed by atoms with van der Waals surface area (Å²) >= 11 is 0. The maximum absolute atomic E-state index is 2.58.